The first kappa shape index (κ1) is 15.7. The van der Waals surface area contributed by atoms with Gasteiger partial charge >= 0.3 is 0 Å². The average Bonchev–Trinajstić information content (AvgIpc) is 3.13. The van der Waals surface area contributed by atoms with Crippen molar-refractivity contribution in [1.82, 2.24) is 15.3 Å². The van der Waals surface area contributed by atoms with E-state index in [9.17, 15) is 4.79 Å². The molecule has 124 valence electrons. The molecule has 1 aliphatic heterocycles. The van der Waals surface area contributed by atoms with Crippen molar-refractivity contribution in [2.24, 2.45) is 0 Å². The highest BCUT2D eigenvalue weighted by atomic mass is 16.5. The molecule has 0 bridgehead atoms. The molecule has 3 heterocycles. The minimum absolute atomic E-state index is 0.168. The molecule has 0 saturated carbocycles. The highest BCUT2D eigenvalue weighted by Crippen LogP contribution is 2.31. The fourth-order valence-electron chi connectivity index (χ4n) is 2.67. The van der Waals surface area contributed by atoms with Crippen LogP contribution in [-0.4, -0.2) is 34.4 Å². The van der Waals surface area contributed by atoms with E-state index in [0.29, 0.717) is 29.9 Å². The van der Waals surface area contributed by atoms with Crippen molar-refractivity contribution in [2.75, 3.05) is 18.5 Å². The fourth-order valence-corrected chi connectivity index (χ4v) is 2.67. The summed E-state index contributed by atoms with van der Waals surface area (Å²) in [5.74, 6) is 1.60. The van der Waals surface area contributed by atoms with E-state index in [4.69, 9.17) is 13.8 Å². The van der Waals surface area contributed by atoms with Gasteiger partial charge in [0.2, 0.25) is 17.7 Å². The van der Waals surface area contributed by atoms with Gasteiger partial charge in [-0.15, -0.1) is 0 Å². The summed E-state index contributed by atoms with van der Waals surface area (Å²) in [4.78, 5) is 16.1. The monoisotopic (exact) mass is 320 g/mol. The quantitative estimate of drug-likeness (QED) is 0.900. The number of carbonyl (C=O) groups excluding carboxylic acids is 1. The van der Waals surface area contributed by atoms with E-state index in [1.165, 1.54) is 0 Å². The standard InChI is InChI=1S/C15H20N4O4/c1-9-14(11-5-7-21-8-6-11)19-23-15(9)17-12(20)3-4-13-16-10(2)18-22-13/h11H,3-8H2,1-2H3,(H,17,20). The smallest absolute Gasteiger partial charge is 0.234 e. The summed E-state index contributed by atoms with van der Waals surface area (Å²) in [6.45, 7) is 5.13. The van der Waals surface area contributed by atoms with Crippen LogP contribution in [-0.2, 0) is 16.0 Å². The molecule has 0 unspecified atom stereocenters. The molecule has 1 saturated heterocycles. The van der Waals surface area contributed by atoms with Crippen molar-refractivity contribution in [3.05, 3.63) is 23.0 Å². The number of nitrogens with one attached hydrogen (secondary N) is 1. The van der Waals surface area contributed by atoms with Crippen molar-refractivity contribution in [3.63, 3.8) is 0 Å². The van der Waals surface area contributed by atoms with Crippen LogP contribution in [0.4, 0.5) is 5.88 Å². The van der Waals surface area contributed by atoms with E-state index in [1.54, 1.807) is 6.92 Å². The number of nitrogens with zero attached hydrogens (tertiary/aromatic N) is 3. The Morgan fingerprint density at radius 3 is 2.70 bits per heavy atom. The lowest BCUT2D eigenvalue weighted by molar-refractivity contribution is -0.116. The molecule has 1 N–H and O–H groups in total. The summed E-state index contributed by atoms with van der Waals surface area (Å²) in [7, 11) is 0. The first-order valence-electron chi connectivity index (χ1n) is 7.76. The SMILES string of the molecule is Cc1noc(CCC(=O)Nc2onc(C3CCOCC3)c2C)n1. The molecule has 2 aromatic heterocycles. The number of carbonyl (C=O) groups is 1. The number of amides is 1. The van der Waals surface area contributed by atoms with E-state index in [0.717, 1.165) is 37.3 Å². The Morgan fingerprint density at radius 1 is 1.22 bits per heavy atom. The number of rotatable bonds is 5. The van der Waals surface area contributed by atoms with Gasteiger partial charge in [-0.3, -0.25) is 10.1 Å². The zero-order valence-electron chi connectivity index (χ0n) is 13.3. The van der Waals surface area contributed by atoms with Crippen LogP contribution in [0.3, 0.4) is 0 Å². The van der Waals surface area contributed by atoms with E-state index in [1.807, 2.05) is 6.92 Å². The van der Waals surface area contributed by atoms with E-state index in [2.05, 4.69) is 20.6 Å². The maximum absolute atomic E-state index is 12.0. The first-order chi connectivity index (χ1) is 11.1. The van der Waals surface area contributed by atoms with Gasteiger partial charge in [-0.2, -0.15) is 4.98 Å². The molecule has 8 nitrogen and oxygen atoms in total. The van der Waals surface area contributed by atoms with Gasteiger partial charge in [-0.05, 0) is 26.7 Å². The zero-order valence-corrected chi connectivity index (χ0v) is 13.3. The number of anilines is 1. The third kappa shape index (κ3) is 3.76. The van der Waals surface area contributed by atoms with E-state index in [-0.39, 0.29) is 12.3 Å². The molecule has 1 fully saturated rings. The van der Waals surface area contributed by atoms with E-state index < -0.39 is 0 Å². The lowest BCUT2D eigenvalue weighted by Crippen LogP contribution is -2.15. The molecular weight excluding hydrogens is 300 g/mol. The molecule has 0 radical (unpaired) electrons. The van der Waals surface area contributed by atoms with Gasteiger partial charge < -0.3 is 13.8 Å². The Balaban J connectivity index is 1.57. The molecule has 2 aromatic rings. The number of aryl methyl sites for hydroxylation is 2. The van der Waals surface area contributed by atoms with Crippen LogP contribution in [0.1, 0.15) is 48.2 Å². The topological polar surface area (TPSA) is 103 Å². The minimum Gasteiger partial charge on any atom is -0.381 e. The van der Waals surface area contributed by atoms with Crippen LogP contribution in [0, 0.1) is 13.8 Å². The Bertz CT molecular complexity index is 673. The van der Waals surface area contributed by atoms with Gasteiger partial charge in [0.15, 0.2) is 5.82 Å². The second-order valence-electron chi connectivity index (χ2n) is 5.69. The summed E-state index contributed by atoms with van der Waals surface area (Å²) >= 11 is 0. The molecule has 23 heavy (non-hydrogen) atoms. The molecule has 1 amide bonds. The maximum atomic E-state index is 12.0. The normalized spacial score (nSPS) is 15.7. The van der Waals surface area contributed by atoms with Gasteiger partial charge in [-0.25, -0.2) is 0 Å². The van der Waals surface area contributed by atoms with Gasteiger partial charge in [0.1, 0.15) is 0 Å². The highest BCUT2D eigenvalue weighted by molar-refractivity contribution is 5.90. The van der Waals surface area contributed by atoms with Gasteiger partial charge in [0.25, 0.3) is 0 Å². The van der Waals surface area contributed by atoms with Gasteiger partial charge in [-0.1, -0.05) is 10.3 Å². The summed E-state index contributed by atoms with van der Waals surface area (Å²) < 4.78 is 15.6. The number of aromatic nitrogens is 3. The molecule has 0 spiro atoms. The van der Waals surface area contributed by atoms with Crippen molar-refractivity contribution < 1.29 is 18.6 Å². The third-order valence-electron chi connectivity index (χ3n) is 3.96. The number of hydrogen-bond acceptors (Lipinski definition) is 7. The van der Waals surface area contributed by atoms with Gasteiger partial charge in [0.05, 0.1) is 5.69 Å². The summed E-state index contributed by atoms with van der Waals surface area (Å²) in [6.07, 6.45) is 2.50. The first-order valence-corrected chi connectivity index (χ1v) is 7.76. The lowest BCUT2D eigenvalue weighted by atomic mass is 9.94. The van der Waals surface area contributed by atoms with Crippen LogP contribution >= 0.6 is 0 Å². The Morgan fingerprint density at radius 2 is 2.00 bits per heavy atom. The maximum Gasteiger partial charge on any atom is 0.234 e. The fraction of sp³-hybridized carbons (Fsp3) is 0.600. The number of ether oxygens (including phenoxy) is 1. The lowest BCUT2D eigenvalue weighted by Gasteiger charge is -2.20. The average molecular weight is 320 g/mol. The Hall–Kier alpha value is -2.22. The molecule has 3 rings (SSSR count). The zero-order chi connectivity index (χ0) is 16.2. The molecule has 0 aliphatic carbocycles. The summed E-state index contributed by atoms with van der Waals surface area (Å²) in [5, 5.41) is 10.6. The van der Waals surface area contributed by atoms with Crippen LogP contribution < -0.4 is 5.32 Å². The van der Waals surface area contributed by atoms with Crippen LogP contribution in [0.15, 0.2) is 9.05 Å². The molecule has 0 atom stereocenters. The largest absolute Gasteiger partial charge is 0.381 e. The predicted octanol–water partition coefficient (Wildman–Crippen LogP) is 2.14. The third-order valence-corrected chi connectivity index (χ3v) is 3.96. The Labute approximate surface area is 133 Å². The Kier molecular flexibility index (Phi) is 4.71. The second-order valence-corrected chi connectivity index (χ2v) is 5.69. The molecule has 1 aliphatic rings. The number of hydrogen-bond donors (Lipinski definition) is 1. The summed E-state index contributed by atoms with van der Waals surface area (Å²) in [6, 6.07) is 0. The van der Waals surface area contributed by atoms with Crippen LogP contribution in [0.2, 0.25) is 0 Å². The minimum atomic E-state index is -0.168. The predicted molar refractivity (Wildman–Crippen MR) is 80.0 cm³/mol. The van der Waals surface area contributed by atoms with E-state index >= 15 is 0 Å². The van der Waals surface area contributed by atoms with Crippen molar-refractivity contribution in [2.45, 2.75) is 45.4 Å². The van der Waals surface area contributed by atoms with Crippen LogP contribution in [0.25, 0.3) is 0 Å². The molecular formula is C15H20N4O4. The van der Waals surface area contributed by atoms with Crippen molar-refractivity contribution >= 4 is 11.8 Å². The highest BCUT2D eigenvalue weighted by Gasteiger charge is 2.24. The van der Waals surface area contributed by atoms with Crippen molar-refractivity contribution in [3.8, 4) is 0 Å². The second kappa shape index (κ2) is 6.91. The van der Waals surface area contributed by atoms with Gasteiger partial charge in [0, 0.05) is 37.5 Å². The molecule has 8 heteroatoms. The van der Waals surface area contributed by atoms with Crippen LogP contribution in [0.5, 0.6) is 0 Å². The summed E-state index contributed by atoms with van der Waals surface area (Å²) in [5.41, 5.74) is 1.80. The van der Waals surface area contributed by atoms with Crippen molar-refractivity contribution in [1.29, 1.82) is 0 Å². The molecule has 0 aromatic carbocycles.